The largest absolute Gasteiger partial charge is 0.506 e. The molecule has 0 heterocycles. The van der Waals surface area contributed by atoms with Gasteiger partial charge in [0.05, 0.1) is 14.5 Å². The molecule has 0 fully saturated rings. The average molecular weight is 465 g/mol. The lowest BCUT2D eigenvalue weighted by Crippen LogP contribution is -2.03. The summed E-state index contributed by atoms with van der Waals surface area (Å²) in [5.74, 6) is -0.972. The van der Waals surface area contributed by atoms with Crippen molar-refractivity contribution in [2.75, 3.05) is 0 Å². The van der Waals surface area contributed by atoms with Crippen LogP contribution in [-0.4, -0.2) is 16.2 Å². The molecule has 2 aromatic carbocycles. The standard InChI is InChI=1S/C14H9Br3O3/c1-6-3-2-4-7(10(6)14(19)20)11-8(15)5-9(16)13(18)12(11)17/h2-5,18H,1H3,(H,19,20). The van der Waals surface area contributed by atoms with Crippen LogP contribution < -0.4 is 0 Å². The Hall–Kier alpha value is -0.850. The predicted molar refractivity (Wildman–Crippen MR) is 88.3 cm³/mol. The van der Waals surface area contributed by atoms with E-state index in [0.29, 0.717) is 30.1 Å². The van der Waals surface area contributed by atoms with Crippen LogP contribution in [0.3, 0.4) is 0 Å². The van der Waals surface area contributed by atoms with Crippen LogP contribution in [0.4, 0.5) is 0 Å². The van der Waals surface area contributed by atoms with Crippen LogP contribution in [0, 0.1) is 6.92 Å². The molecular weight excluding hydrogens is 456 g/mol. The summed E-state index contributed by atoms with van der Waals surface area (Å²) in [6.07, 6.45) is 0. The smallest absolute Gasteiger partial charge is 0.336 e. The normalized spacial score (nSPS) is 10.6. The summed E-state index contributed by atoms with van der Waals surface area (Å²) in [4.78, 5) is 11.5. The van der Waals surface area contributed by atoms with Crippen LogP contribution in [0.2, 0.25) is 0 Å². The van der Waals surface area contributed by atoms with E-state index in [-0.39, 0.29) is 11.3 Å². The van der Waals surface area contributed by atoms with Gasteiger partial charge in [-0.15, -0.1) is 0 Å². The van der Waals surface area contributed by atoms with Gasteiger partial charge in [-0.25, -0.2) is 4.79 Å². The topological polar surface area (TPSA) is 57.5 Å². The van der Waals surface area contributed by atoms with Gasteiger partial charge in [-0.2, -0.15) is 0 Å². The Kier molecular flexibility index (Phi) is 4.56. The lowest BCUT2D eigenvalue weighted by Gasteiger charge is -2.14. The van der Waals surface area contributed by atoms with Gasteiger partial charge in [0.15, 0.2) is 0 Å². The van der Waals surface area contributed by atoms with Gasteiger partial charge in [0.1, 0.15) is 5.75 Å². The molecule has 3 nitrogen and oxygen atoms in total. The third-order valence-corrected chi connectivity index (χ3v) is 4.90. The zero-order chi connectivity index (χ0) is 15.0. The first-order chi connectivity index (χ1) is 9.34. The molecule has 0 aliphatic carbocycles. The van der Waals surface area contributed by atoms with Crippen molar-refractivity contribution < 1.29 is 15.0 Å². The number of benzene rings is 2. The van der Waals surface area contributed by atoms with E-state index in [1.807, 2.05) is 0 Å². The second kappa shape index (κ2) is 5.87. The predicted octanol–water partition coefficient (Wildman–Crippen LogP) is 5.35. The van der Waals surface area contributed by atoms with Crippen molar-refractivity contribution in [3.05, 3.63) is 48.8 Å². The minimum absolute atomic E-state index is 0.0287. The molecule has 6 heteroatoms. The summed E-state index contributed by atoms with van der Waals surface area (Å²) in [6, 6.07) is 6.93. The highest BCUT2D eigenvalue weighted by Crippen LogP contribution is 2.45. The molecular formula is C14H9Br3O3. The van der Waals surface area contributed by atoms with E-state index in [4.69, 9.17) is 0 Å². The second-order valence-corrected chi connectivity index (χ2v) is 6.68. The van der Waals surface area contributed by atoms with Crippen LogP contribution in [0.15, 0.2) is 37.7 Å². The van der Waals surface area contributed by atoms with E-state index in [0.717, 1.165) is 0 Å². The summed E-state index contributed by atoms with van der Waals surface area (Å²) >= 11 is 9.98. The maximum absolute atomic E-state index is 11.5. The van der Waals surface area contributed by atoms with Crippen molar-refractivity contribution in [1.29, 1.82) is 0 Å². The number of halogens is 3. The van der Waals surface area contributed by atoms with E-state index in [9.17, 15) is 15.0 Å². The van der Waals surface area contributed by atoms with E-state index in [1.54, 1.807) is 31.2 Å². The fourth-order valence-electron chi connectivity index (χ4n) is 1.99. The van der Waals surface area contributed by atoms with Gasteiger partial charge < -0.3 is 10.2 Å². The first-order valence-corrected chi connectivity index (χ1v) is 7.92. The highest BCUT2D eigenvalue weighted by molar-refractivity contribution is 9.11. The molecule has 0 radical (unpaired) electrons. The highest BCUT2D eigenvalue weighted by Gasteiger charge is 2.21. The molecule has 0 saturated heterocycles. The summed E-state index contributed by atoms with van der Waals surface area (Å²) in [5, 5.41) is 19.4. The van der Waals surface area contributed by atoms with Gasteiger partial charge in [0.2, 0.25) is 0 Å². The highest BCUT2D eigenvalue weighted by atomic mass is 79.9. The Labute approximate surface area is 141 Å². The molecule has 20 heavy (non-hydrogen) atoms. The fourth-order valence-corrected chi connectivity index (χ4v) is 4.53. The Morgan fingerprint density at radius 2 is 1.80 bits per heavy atom. The van der Waals surface area contributed by atoms with Crippen LogP contribution in [0.5, 0.6) is 5.75 Å². The quantitative estimate of drug-likeness (QED) is 0.629. The van der Waals surface area contributed by atoms with Gasteiger partial charge in [0.25, 0.3) is 0 Å². The first-order valence-electron chi connectivity index (χ1n) is 5.54. The van der Waals surface area contributed by atoms with Gasteiger partial charge in [-0.3, -0.25) is 0 Å². The SMILES string of the molecule is Cc1cccc(-c2c(Br)cc(Br)c(O)c2Br)c1C(=O)O. The van der Waals surface area contributed by atoms with Gasteiger partial charge in [-0.05, 0) is 56.0 Å². The number of phenolic OH excluding ortho intramolecular Hbond substituents is 1. The molecule has 0 atom stereocenters. The van der Waals surface area contributed by atoms with E-state index < -0.39 is 5.97 Å². The lowest BCUT2D eigenvalue weighted by atomic mass is 9.96. The fraction of sp³-hybridized carbons (Fsp3) is 0.0714. The van der Waals surface area contributed by atoms with Crippen molar-refractivity contribution in [1.82, 2.24) is 0 Å². The molecule has 0 aliphatic rings. The average Bonchev–Trinajstić information content (AvgIpc) is 2.35. The van der Waals surface area contributed by atoms with Crippen LogP contribution in [-0.2, 0) is 0 Å². The van der Waals surface area contributed by atoms with Crippen LogP contribution >= 0.6 is 47.8 Å². The van der Waals surface area contributed by atoms with E-state index in [1.165, 1.54) is 0 Å². The van der Waals surface area contributed by atoms with E-state index in [2.05, 4.69) is 47.8 Å². The maximum atomic E-state index is 11.5. The van der Waals surface area contributed by atoms with Crippen molar-refractivity contribution >= 4 is 53.8 Å². The van der Waals surface area contributed by atoms with E-state index >= 15 is 0 Å². The summed E-state index contributed by atoms with van der Waals surface area (Å²) < 4.78 is 1.64. The van der Waals surface area contributed by atoms with Crippen molar-refractivity contribution in [3.8, 4) is 16.9 Å². The number of carbonyl (C=O) groups is 1. The first kappa shape index (κ1) is 15.5. The van der Waals surface area contributed by atoms with Gasteiger partial charge in [0, 0.05) is 10.0 Å². The summed E-state index contributed by atoms with van der Waals surface area (Å²) in [6.45, 7) is 1.74. The van der Waals surface area contributed by atoms with Crippen molar-refractivity contribution in [2.24, 2.45) is 0 Å². The van der Waals surface area contributed by atoms with Crippen molar-refractivity contribution in [3.63, 3.8) is 0 Å². The molecule has 0 amide bonds. The Bertz CT molecular complexity index is 711. The third kappa shape index (κ3) is 2.64. The number of phenols is 1. The number of aromatic hydroxyl groups is 1. The second-order valence-electron chi connectivity index (χ2n) is 4.18. The molecule has 0 aliphatic heterocycles. The summed E-state index contributed by atoms with van der Waals surface area (Å²) in [5.41, 5.74) is 2.03. The number of carboxylic acid groups (broad SMARTS) is 1. The van der Waals surface area contributed by atoms with Crippen LogP contribution in [0.25, 0.3) is 11.1 Å². The number of hydrogen-bond acceptors (Lipinski definition) is 2. The Morgan fingerprint density at radius 3 is 2.40 bits per heavy atom. The van der Waals surface area contributed by atoms with Crippen LogP contribution in [0.1, 0.15) is 15.9 Å². The van der Waals surface area contributed by atoms with Gasteiger partial charge in [-0.1, -0.05) is 34.1 Å². The minimum Gasteiger partial charge on any atom is -0.506 e. The molecule has 2 N–H and O–H groups in total. The molecule has 2 aromatic rings. The zero-order valence-corrected chi connectivity index (χ0v) is 15.0. The third-order valence-electron chi connectivity index (χ3n) is 2.90. The summed E-state index contributed by atoms with van der Waals surface area (Å²) in [7, 11) is 0. The molecule has 104 valence electrons. The molecule has 2 rings (SSSR count). The van der Waals surface area contributed by atoms with Crippen molar-refractivity contribution in [2.45, 2.75) is 6.92 Å². The Morgan fingerprint density at radius 1 is 1.15 bits per heavy atom. The maximum Gasteiger partial charge on any atom is 0.336 e. The van der Waals surface area contributed by atoms with Gasteiger partial charge >= 0.3 is 5.97 Å². The number of carboxylic acids is 1. The molecule has 0 unspecified atom stereocenters. The number of aromatic carboxylic acids is 1. The minimum atomic E-state index is -1.00. The zero-order valence-electron chi connectivity index (χ0n) is 10.2. The molecule has 0 aromatic heterocycles. The lowest BCUT2D eigenvalue weighted by molar-refractivity contribution is 0.0697. The molecule has 0 bridgehead atoms. The number of rotatable bonds is 2. The number of hydrogen-bond donors (Lipinski definition) is 2. The monoisotopic (exact) mass is 462 g/mol. The molecule has 0 spiro atoms. The Balaban J connectivity index is 2.86. The molecule has 0 saturated carbocycles. The number of aryl methyl sites for hydroxylation is 1.